The summed E-state index contributed by atoms with van der Waals surface area (Å²) in [5.41, 5.74) is 3.75. The van der Waals surface area contributed by atoms with Gasteiger partial charge in [0.15, 0.2) is 5.65 Å². The van der Waals surface area contributed by atoms with Gasteiger partial charge in [-0.25, -0.2) is 9.67 Å². The van der Waals surface area contributed by atoms with Crippen molar-refractivity contribution in [2.45, 2.75) is 26.4 Å². The average Bonchev–Trinajstić information content (AvgIpc) is 3.53. The predicted molar refractivity (Wildman–Crippen MR) is 127 cm³/mol. The standard InChI is InChI=1S/C24H22N6OS/c1-16(2)30-23-18(12-26-30)11-19(13-25-23)27-24(31)20-15-29(14-17-7-4-3-5-8-17)28-22(20)21-9-6-10-32-21/h3-13,15-16H,14H2,1-2H3,(H,27,31). The van der Waals surface area contributed by atoms with E-state index in [-0.39, 0.29) is 11.9 Å². The third kappa shape index (κ3) is 3.92. The van der Waals surface area contributed by atoms with Crippen LogP contribution in [0, 0.1) is 0 Å². The molecule has 0 saturated heterocycles. The first-order valence-electron chi connectivity index (χ1n) is 10.4. The number of aromatic nitrogens is 5. The molecule has 0 spiro atoms. The van der Waals surface area contributed by atoms with Crippen LogP contribution in [-0.4, -0.2) is 30.5 Å². The molecule has 8 heteroatoms. The highest BCUT2D eigenvalue weighted by atomic mass is 32.1. The fourth-order valence-corrected chi connectivity index (χ4v) is 4.34. The lowest BCUT2D eigenvalue weighted by Crippen LogP contribution is -2.12. The van der Waals surface area contributed by atoms with Crippen LogP contribution < -0.4 is 5.32 Å². The van der Waals surface area contributed by atoms with E-state index in [4.69, 9.17) is 5.10 Å². The van der Waals surface area contributed by atoms with E-state index < -0.39 is 0 Å². The van der Waals surface area contributed by atoms with Crippen molar-refractivity contribution < 1.29 is 4.79 Å². The maximum absolute atomic E-state index is 13.2. The van der Waals surface area contributed by atoms with Gasteiger partial charge in [0.05, 0.1) is 35.1 Å². The van der Waals surface area contributed by atoms with Gasteiger partial charge in [-0.05, 0) is 36.9 Å². The molecular formula is C24H22N6OS. The zero-order valence-corrected chi connectivity index (χ0v) is 18.6. The summed E-state index contributed by atoms with van der Waals surface area (Å²) in [4.78, 5) is 18.7. The predicted octanol–water partition coefficient (Wildman–Crippen LogP) is 5.24. The molecule has 0 saturated carbocycles. The summed E-state index contributed by atoms with van der Waals surface area (Å²) >= 11 is 1.56. The topological polar surface area (TPSA) is 77.6 Å². The lowest BCUT2D eigenvalue weighted by molar-refractivity contribution is 0.102. The van der Waals surface area contributed by atoms with Crippen LogP contribution in [0.5, 0.6) is 0 Å². The van der Waals surface area contributed by atoms with Gasteiger partial charge < -0.3 is 5.32 Å². The Balaban J connectivity index is 1.45. The van der Waals surface area contributed by atoms with Gasteiger partial charge in [0.1, 0.15) is 5.69 Å². The van der Waals surface area contributed by atoms with Crippen molar-refractivity contribution in [3.8, 4) is 10.6 Å². The van der Waals surface area contributed by atoms with E-state index in [1.807, 2.05) is 63.3 Å². The number of carbonyl (C=O) groups excluding carboxylic acids is 1. The van der Waals surface area contributed by atoms with E-state index in [0.29, 0.717) is 23.5 Å². The number of benzene rings is 1. The molecule has 1 N–H and O–H groups in total. The number of fused-ring (bicyclic) bond motifs is 1. The molecule has 0 aliphatic carbocycles. The van der Waals surface area contributed by atoms with Crippen molar-refractivity contribution in [3.63, 3.8) is 0 Å². The number of thiophene rings is 1. The highest BCUT2D eigenvalue weighted by molar-refractivity contribution is 7.13. The van der Waals surface area contributed by atoms with Crippen LogP contribution in [0.1, 0.15) is 35.8 Å². The van der Waals surface area contributed by atoms with Crippen molar-refractivity contribution in [3.05, 3.63) is 83.6 Å². The lowest BCUT2D eigenvalue weighted by Gasteiger charge is -2.07. The van der Waals surface area contributed by atoms with Crippen molar-refractivity contribution in [1.29, 1.82) is 0 Å². The molecule has 0 aliphatic rings. The molecule has 0 aliphatic heterocycles. The highest BCUT2D eigenvalue weighted by Gasteiger charge is 2.19. The summed E-state index contributed by atoms with van der Waals surface area (Å²) in [5.74, 6) is -0.217. The third-order valence-corrected chi connectivity index (χ3v) is 6.01. The van der Waals surface area contributed by atoms with Crippen LogP contribution in [0.3, 0.4) is 0 Å². The molecule has 160 valence electrons. The Bertz CT molecular complexity index is 1370. The lowest BCUT2D eigenvalue weighted by atomic mass is 10.2. The van der Waals surface area contributed by atoms with Gasteiger partial charge in [-0.3, -0.25) is 9.48 Å². The number of anilines is 1. The van der Waals surface area contributed by atoms with Crippen molar-refractivity contribution in [1.82, 2.24) is 24.5 Å². The fourth-order valence-electron chi connectivity index (χ4n) is 3.62. The maximum atomic E-state index is 13.2. The molecule has 0 fully saturated rings. The molecule has 1 amide bonds. The quantitative estimate of drug-likeness (QED) is 0.390. The van der Waals surface area contributed by atoms with E-state index in [1.54, 1.807) is 29.9 Å². The second-order valence-electron chi connectivity index (χ2n) is 7.83. The Labute approximate surface area is 189 Å². The number of pyridine rings is 1. The van der Waals surface area contributed by atoms with Crippen LogP contribution in [-0.2, 0) is 6.54 Å². The van der Waals surface area contributed by atoms with E-state index in [0.717, 1.165) is 21.5 Å². The molecule has 0 atom stereocenters. The number of hydrogen-bond donors (Lipinski definition) is 1. The molecule has 0 bridgehead atoms. The van der Waals surface area contributed by atoms with Crippen molar-refractivity contribution in [2.75, 3.05) is 5.32 Å². The fraction of sp³-hybridized carbons (Fsp3) is 0.167. The summed E-state index contributed by atoms with van der Waals surface area (Å²) in [5, 5.41) is 15.0. The first kappa shape index (κ1) is 20.1. The zero-order valence-electron chi connectivity index (χ0n) is 17.8. The number of amides is 1. The molecule has 1 aromatic carbocycles. The minimum Gasteiger partial charge on any atom is -0.320 e. The van der Waals surface area contributed by atoms with Crippen LogP contribution in [0.4, 0.5) is 5.69 Å². The minimum atomic E-state index is -0.217. The van der Waals surface area contributed by atoms with Gasteiger partial charge >= 0.3 is 0 Å². The molecule has 32 heavy (non-hydrogen) atoms. The van der Waals surface area contributed by atoms with E-state index in [9.17, 15) is 4.79 Å². The second-order valence-corrected chi connectivity index (χ2v) is 8.77. The molecular weight excluding hydrogens is 420 g/mol. The van der Waals surface area contributed by atoms with Gasteiger partial charge in [-0.2, -0.15) is 10.2 Å². The van der Waals surface area contributed by atoms with Crippen LogP contribution in [0.25, 0.3) is 21.6 Å². The molecule has 4 aromatic heterocycles. The Morgan fingerprint density at radius 2 is 1.97 bits per heavy atom. The number of rotatable bonds is 6. The number of hydrogen-bond acceptors (Lipinski definition) is 5. The highest BCUT2D eigenvalue weighted by Crippen LogP contribution is 2.28. The van der Waals surface area contributed by atoms with Crippen LogP contribution in [0.15, 0.2) is 72.5 Å². The van der Waals surface area contributed by atoms with Crippen LogP contribution in [0.2, 0.25) is 0 Å². The number of carbonyl (C=O) groups is 1. The van der Waals surface area contributed by atoms with E-state index in [2.05, 4.69) is 29.2 Å². The first-order valence-corrected chi connectivity index (χ1v) is 11.3. The van der Waals surface area contributed by atoms with E-state index >= 15 is 0 Å². The van der Waals surface area contributed by atoms with Gasteiger partial charge in [0, 0.05) is 17.6 Å². The minimum absolute atomic E-state index is 0.212. The summed E-state index contributed by atoms with van der Waals surface area (Å²) in [6.45, 7) is 4.71. The molecule has 0 unspecified atom stereocenters. The largest absolute Gasteiger partial charge is 0.320 e. The average molecular weight is 443 g/mol. The summed E-state index contributed by atoms with van der Waals surface area (Å²) < 4.78 is 3.68. The van der Waals surface area contributed by atoms with Gasteiger partial charge in [-0.1, -0.05) is 36.4 Å². The second kappa shape index (κ2) is 8.39. The molecule has 5 aromatic rings. The first-order chi connectivity index (χ1) is 15.6. The molecule has 7 nitrogen and oxygen atoms in total. The zero-order chi connectivity index (χ0) is 22.1. The summed E-state index contributed by atoms with van der Waals surface area (Å²) in [7, 11) is 0. The smallest absolute Gasteiger partial charge is 0.259 e. The Hall–Kier alpha value is -3.78. The SMILES string of the molecule is CC(C)n1ncc2cc(NC(=O)c3cn(Cc4ccccc4)nc3-c3cccs3)cnc21. The third-order valence-electron chi connectivity index (χ3n) is 5.13. The normalized spacial score (nSPS) is 11.3. The Morgan fingerprint density at radius 1 is 1.12 bits per heavy atom. The van der Waals surface area contributed by atoms with Crippen LogP contribution >= 0.6 is 11.3 Å². The maximum Gasteiger partial charge on any atom is 0.259 e. The van der Waals surface area contributed by atoms with Gasteiger partial charge in [0.2, 0.25) is 0 Å². The van der Waals surface area contributed by atoms with E-state index in [1.165, 1.54) is 0 Å². The van der Waals surface area contributed by atoms with Gasteiger partial charge in [0.25, 0.3) is 5.91 Å². The Morgan fingerprint density at radius 3 is 2.72 bits per heavy atom. The molecule has 4 heterocycles. The summed E-state index contributed by atoms with van der Waals surface area (Å²) in [6, 6.07) is 16.1. The number of nitrogens with zero attached hydrogens (tertiary/aromatic N) is 5. The monoisotopic (exact) mass is 442 g/mol. The Kier molecular flexibility index (Phi) is 5.28. The number of nitrogens with one attached hydrogen (secondary N) is 1. The summed E-state index contributed by atoms with van der Waals surface area (Å²) in [6.07, 6.45) is 5.24. The molecule has 0 radical (unpaired) electrons. The molecule has 5 rings (SSSR count). The van der Waals surface area contributed by atoms with Crippen molar-refractivity contribution >= 4 is 34.0 Å². The van der Waals surface area contributed by atoms with Gasteiger partial charge in [-0.15, -0.1) is 11.3 Å². The van der Waals surface area contributed by atoms with Crippen molar-refractivity contribution in [2.24, 2.45) is 0 Å².